The highest BCUT2D eigenvalue weighted by molar-refractivity contribution is 6.32. The van der Waals surface area contributed by atoms with E-state index in [1.54, 1.807) is 0 Å². The van der Waals surface area contributed by atoms with Crippen LogP contribution < -0.4 is 14.8 Å². The molecular weight excluding hydrogens is 292 g/mol. The molecule has 0 bridgehead atoms. The second-order valence-electron chi connectivity index (χ2n) is 4.81. The molecule has 3 rings (SSSR count). The van der Waals surface area contributed by atoms with Gasteiger partial charge in [-0.2, -0.15) is 5.10 Å². The number of nitrogens with zero attached hydrogens (tertiary/aromatic N) is 2. The zero-order valence-corrected chi connectivity index (χ0v) is 12.3. The van der Waals surface area contributed by atoms with Gasteiger partial charge >= 0.3 is 0 Å². The molecule has 0 aliphatic carbocycles. The summed E-state index contributed by atoms with van der Waals surface area (Å²) in [6.45, 7) is 2.82. The largest absolute Gasteiger partial charge is 0.489 e. The maximum absolute atomic E-state index is 6.26. The summed E-state index contributed by atoms with van der Waals surface area (Å²) in [5.41, 5.74) is 1.07. The first-order valence-electron chi connectivity index (χ1n) is 6.96. The van der Waals surface area contributed by atoms with Crippen molar-refractivity contribution in [1.82, 2.24) is 20.5 Å². The minimum Gasteiger partial charge on any atom is -0.489 e. The molecule has 2 N–H and O–H groups in total. The number of hydrogen-bond donors (Lipinski definition) is 2. The zero-order valence-electron chi connectivity index (χ0n) is 11.6. The van der Waals surface area contributed by atoms with E-state index in [4.69, 9.17) is 21.1 Å². The summed E-state index contributed by atoms with van der Waals surface area (Å²) in [4.78, 5) is 4.08. The molecule has 1 aliphatic heterocycles. The molecule has 1 aliphatic rings. The van der Waals surface area contributed by atoms with Crippen molar-refractivity contribution in [3.05, 3.63) is 34.9 Å². The molecule has 21 heavy (non-hydrogen) atoms. The van der Waals surface area contributed by atoms with Gasteiger partial charge in [0.1, 0.15) is 12.2 Å². The van der Waals surface area contributed by atoms with E-state index < -0.39 is 0 Å². The van der Waals surface area contributed by atoms with Crippen molar-refractivity contribution >= 4 is 11.6 Å². The van der Waals surface area contributed by atoms with Crippen LogP contribution in [0.25, 0.3) is 0 Å². The van der Waals surface area contributed by atoms with Gasteiger partial charge in [0.15, 0.2) is 11.5 Å². The Balaban J connectivity index is 1.58. The normalized spacial score (nSPS) is 14.0. The number of halogens is 1. The van der Waals surface area contributed by atoms with Gasteiger partial charge in [0, 0.05) is 25.9 Å². The minimum absolute atomic E-state index is 0.599. The highest BCUT2D eigenvalue weighted by atomic mass is 35.5. The van der Waals surface area contributed by atoms with Crippen LogP contribution in [0.3, 0.4) is 0 Å². The van der Waals surface area contributed by atoms with Gasteiger partial charge in [-0.1, -0.05) is 11.6 Å². The molecule has 0 fully saturated rings. The van der Waals surface area contributed by atoms with Gasteiger partial charge < -0.3 is 14.8 Å². The third-order valence-electron chi connectivity index (χ3n) is 3.19. The Kier molecular flexibility index (Phi) is 4.57. The molecular formula is C14H17ClN4O2. The van der Waals surface area contributed by atoms with Gasteiger partial charge in [-0.25, -0.2) is 4.98 Å². The van der Waals surface area contributed by atoms with Crippen molar-refractivity contribution < 1.29 is 9.47 Å². The lowest BCUT2D eigenvalue weighted by atomic mass is 10.2. The van der Waals surface area contributed by atoms with Gasteiger partial charge in [0.2, 0.25) is 0 Å². The van der Waals surface area contributed by atoms with Gasteiger partial charge in [-0.15, -0.1) is 0 Å². The van der Waals surface area contributed by atoms with E-state index >= 15 is 0 Å². The molecule has 0 saturated carbocycles. The van der Waals surface area contributed by atoms with Crippen LogP contribution >= 0.6 is 11.6 Å². The number of aromatic nitrogens is 3. The lowest BCUT2D eigenvalue weighted by Crippen LogP contribution is -2.17. The first-order chi connectivity index (χ1) is 10.3. The molecule has 6 nitrogen and oxygen atoms in total. The van der Waals surface area contributed by atoms with Crippen LogP contribution in [0.15, 0.2) is 18.5 Å². The highest BCUT2D eigenvalue weighted by Crippen LogP contribution is 2.37. The Morgan fingerprint density at radius 3 is 3.05 bits per heavy atom. The minimum atomic E-state index is 0.599. The molecule has 2 aromatic rings. The van der Waals surface area contributed by atoms with E-state index in [9.17, 15) is 0 Å². The average Bonchev–Trinajstić information content (AvgIpc) is 2.87. The molecule has 1 aromatic heterocycles. The standard InChI is InChI=1S/C14H17ClN4O2/c15-11-6-10(7-12-14(11)21-5-1-4-20-12)8-16-3-2-13-17-9-18-19-13/h6-7,9,16H,1-5,8H2,(H,17,18,19). The van der Waals surface area contributed by atoms with E-state index in [0.717, 1.165) is 36.5 Å². The quantitative estimate of drug-likeness (QED) is 0.826. The smallest absolute Gasteiger partial charge is 0.179 e. The highest BCUT2D eigenvalue weighted by Gasteiger charge is 2.15. The van der Waals surface area contributed by atoms with E-state index in [1.807, 2.05) is 12.1 Å². The number of ether oxygens (including phenoxy) is 2. The summed E-state index contributed by atoms with van der Waals surface area (Å²) in [5, 5.41) is 10.6. The molecule has 0 saturated heterocycles. The second kappa shape index (κ2) is 6.78. The lowest BCUT2D eigenvalue weighted by molar-refractivity contribution is 0.297. The first-order valence-corrected chi connectivity index (χ1v) is 7.34. The number of nitrogens with one attached hydrogen (secondary N) is 2. The number of fused-ring (bicyclic) bond motifs is 1. The number of hydrogen-bond acceptors (Lipinski definition) is 5. The average molecular weight is 309 g/mol. The Labute approximate surface area is 127 Å². The van der Waals surface area contributed by atoms with Crippen LogP contribution in [0.4, 0.5) is 0 Å². The van der Waals surface area contributed by atoms with Crippen LogP contribution in [0, 0.1) is 0 Å². The van der Waals surface area contributed by atoms with Crippen LogP contribution in [0.5, 0.6) is 11.5 Å². The number of rotatable bonds is 5. The Bertz CT molecular complexity index is 589. The molecule has 2 heterocycles. The number of benzene rings is 1. The fraction of sp³-hybridized carbons (Fsp3) is 0.429. The van der Waals surface area contributed by atoms with Crippen molar-refractivity contribution in [2.45, 2.75) is 19.4 Å². The van der Waals surface area contributed by atoms with Gasteiger partial charge in [0.25, 0.3) is 0 Å². The Morgan fingerprint density at radius 1 is 1.29 bits per heavy atom. The predicted octanol–water partition coefficient (Wildman–Crippen LogP) is 1.95. The first kappa shape index (κ1) is 14.2. The maximum Gasteiger partial charge on any atom is 0.179 e. The zero-order chi connectivity index (χ0) is 14.5. The molecule has 0 unspecified atom stereocenters. The fourth-order valence-electron chi connectivity index (χ4n) is 2.18. The topological polar surface area (TPSA) is 72.1 Å². The van der Waals surface area contributed by atoms with E-state index in [-0.39, 0.29) is 0 Å². The van der Waals surface area contributed by atoms with Crippen LogP contribution in [0.2, 0.25) is 5.02 Å². The van der Waals surface area contributed by atoms with Crippen LogP contribution in [-0.4, -0.2) is 34.9 Å². The summed E-state index contributed by atoms with van der Waals surface area (Å²) >= 11 is 6.26. The van der Waals surface area contributed by atoms with Crippen molar-refractivity contribution in [3.8, 4) is 11.5 Å². The molecule has 7 heteroatoms. The second-order valence-corrected chi connectivity index (χ2v) is 5.22. The van der Waals surface area contributed by atoms with Gasteiger partial charge in [-0.05, 0) is 17.7 Å². The Morgan fingerprint density at radius 2 is 2.19 bits per heavy atom. The van der Waals surface area contributed by atoms with Crippen LogP contribution in [0.1, 0.15) is 17.8 Å². The molecule has 0 spiro atoms. The summed E-state index contributed by atoms with van der Waals surface area (Å²) in [6.07, 6.45) is 3.19. The van der Waals surface area contributed by atoms with Crippen molar-refractivity contribution in [2.75, 3.05) is 19.8 Å². The van der Waals surface area contributed by atoms with E-state index in [1.165, 1.54) is 6.33 Å². The fourth-order valence-corrected chi connectivity index (χ4v) is 2.46. The molecule has 1 aromatic carbocycles. The lowest BCUT2D eigenvalue weighted by Gasteiger charge is -2.12. The van der Waals surface area contributed by atoms with Gasteiger partial charge in [0.05, 0.1) is 18.2 Å². The van der Waals surface area contributed by atoms with Gasteiger partial charge in [-0.3, -0.25) is 5.10 Å². The third kappa shape index (κ3) is 3.65. The summed E-state index contributed by atoms with van der Waals surface area (Å²) in [7, 11) is 0. The summed E-state index contributed by atoms with van der Waals surface area (Å²) in [6, 6.07) is 3.89. The summed E-state index contributed by atoms with van der Waals surface area (Å²) in [5.74, 6) is 2.26. The Hall–Kier alpha value is -1.79. The molecule has 0 amide bonds. The number of aromatic amines is 1. The summed E-state index contributed by atoms with van der Waals surface area (Å²) < 4.78 is 11.3. The predicted molar refractivity (Wildman–Crippen MR) is 78.9 cm³/mol. The van der Waals surface area contributed by atoms with Crippen molar-refractivity contribution in [3.63, 3.8) is 0 Å². The SMILES string of the molecule is Clc1cc(CNCCc2ncn[nH]2)cc2c1OCCCO2. The van der Waals surface area contributed by atoms with Crippen molar-refractivity contribution in [1.29, 1.82) is 0 Å². The van der Waals surface area contributed by atoms with E-state index in [2.05, 4.69) is 20.5 Å². The van der Waals surface area contributed by atoms with Crippen molar-refractivity contribution in [2.24, 2.45) is 0 Å². The third-order valence-corrected chi connectivity index (χ3v) is 3.48. The maximum atomic E-state index is 6.26. The van der Waals surface area contributed by atoms with Crippen LogP contribution in [-0.2, 0) is 13.0 Å². The monoisotopic (exact) mass is 308 g/mol. The molecule has 112 valence electrons. The van der Waals surface area contributed by atoms with E-state index in [0.29, 0.717) is 30.5 Å². The number of H-pyrrole nitrogens is 1. The molecule has 0 radical (unpaired) electrons. The molecule has 0 atom stereocenters.